The summed E-state index contributed by atoms with van der Waals surface area (Å²) in [5.41, 5.74) is 1.44. The number of hydrogen-bond donors (Lipinski definition) is 4. The van der Waals surface area contributed by atoms with Gasteiger partial charge in [0.2, 0.25) is 5.91 Å². The van der Waals surface area contributed by atoms with Crippen LogP contribution in [-0.2, 0) is 11.2 Å². The SMILES string of the molecule is COc1ccc2[nH]cc(CCNC(=O)NC3(C(=O)Nc4cccc(F)c4)CCCCC3)c2c1. The number of urea groups is 1. The van der Waals surface area contributed by atoms with Crippen LogP contribution in [0.3, 0.4) is 0 Å². The van der Waals surface area contributed by atoms with E-state index in [1.165, 1.54) is 12.1 Å². The van der Waals surface area contributed by atoms with Gasteiger partial charge in [-0.3, -0.25) is 4.79 Å². The molecule has 3 aromatic rings. The van der Waals surface area contributed by atoms with Crippen LogP contribution in [0.4, 0.5) is 14.9 Å². The molecule has 0 spiro atoms. The minimum absolute atomic E-state index is 0.313. The van der Waals surface area contributed by atoms with E-state index in [4.69, 9.17) is 4.74 Å². The van der Waals surface area contributed by atoms with Crippen LogP contribution in [0.25, 0.3) is 10.9 Å². The minimum atomic E-state index is -1.01. The van der Waals surface area contributed by atoms with Crippen LogP contribution in [0, 0.1) is 5.82 Å². The van der Waals surface area contributed by atoms with Crippen molar-refractivity contribution in [1.29, 1.82) is 0 Å². The molecule has 174 valence electrons. The highest BCUT2D eigenvalue weighted by Crippen LogP contribution is 2.30. The lowest BCUT2D eigenvalue weighted by atomic mass is 9.81. The lowest BCUT2D eigenvalue weighted by molar-refractivity contribution is -0.123. The molecule has 3 amide bonds. The standard InChI is InChI=1S/C25H29FN4O3/c1-33-20-8-9-22-21(15-20)17(16-28-22)10-13-27-24(32)30-25(11-3-2-4-12-25)23(31)29-19-7-5-6-18(26)14-19/h5-9,14-16,28H,2-4,10-13H2,1H3,(H,29,31)(H2,27,30,32). The molecule has 0 saturated heterocycles. The maximum absolute atomic E-state index is 13.5. The molecule has 1 saturated carbocycles. The number of carbonyl (C=O) groups excluding carboxylic acids is 2. The first-order valence-electron chi connectivity index (χ1n) is 11.3. The molecule has 0 atom stereocenters. The molecular formula is C25H29FN4O3. The summed E-state index contributed by atoms with van der Waals surface area (Å²) in [5, 5.41) is 9.62. The molecule has 1 heterocycles. The van der Waals surface area contributed by atoms with E-state index in [0.717, 1.165) is 41.5 Å². The summed E-state index contributed by atoms with van der Waals surface area (Å²) < 4.78 is 18.8. The molecule has 0 aliphatic heterocycles. The maximum Gasteiger partial charge on any atom is 0.315 e. The summed E-state index contributed by atoms with van der Waals surface area (Å²) in [5.74, 6) is 0.0374. The summed E-state index contributed by atoms with van der Waals surface area (Å²) >= 11 is 0. The second kappa shape index (κ2) is 9.94. The van der Waals surface area contributed by atoms with Crippen molar-refractivity contribution in [3.05, 3.63) is 60.0 Å². The van der Waals surface area contributed by atoms with Crippen molar-refractivity contribution in [2.45, 2.75) is 44.1 Å². The van der Waals surface area contributed by atoms with Crippen LogP contribution in [-0.4, -0.2) is 36.1 Å². The monoisotopic (exact) mass is 452 g/mol. The van der Waals surface area contributed by atoms with Crippen LogP contribution in [0.1, 0.15) is 37.7 Å². The predicted molar refractivity (Wildman–Crippen MR) is 126 cm³/mol. The number of anilines is 1. The Bertz CT molecular complexity index is 1140. The Morgan fingerprint density at radius 3 is 2.70 bits per heavy atom. The van der Waals surface area contributed by atoms with E-state index in [0.29, 0.717) is 31.5 Å². The molecule has 7 nitrogen and oxygen atoms in total. The summed E-state index contributed by atoms with van der Waals surface area (Å²) in [7, 11) is 1.63. The van der Waals surface area contributed by atoms with Crippen molar-refractivity contribution >= 4 is 28.5 Å². The maximum atomic E-state index is 13.5. The number of hydrogen-bond acceptors (Lipinski definition) is 3. The Morgan fingerprint density at radius 2 is 1.94 bits per heavy atom. The molecule has 0 bridgehead atoms. The topological polar surface area (TPSA) is 95.2 Å². The van der Waals surface area contributed by atoms with E-state index >= 15 is 0 Å². The summed E-state index contributed by atoms with van der Waals surface area (Å²) in [6.07, 6.45) is 6.35. The number of benzene rings is 2. The molecule has 0 unspecified atom stereocenters. The van der Waals surface area contributed by atoms with Gasteiger partial charge in [-0.2, -0.15) is 0 Å². The lowest BCUT2D eigenvalue weighted by Gasteiger charge is -2.36. The number of H-pyrrole nitrogens is 1. The summed E-state index contributed by atoms with van der Waals surface area (Å²) in [6, 6.07) is 11.2. The first-order valence-corrected chi connectivity index (χ1v) is 11.3. The molecule has 8 heteroatoms. The van der Waals surface area contributed by atoms with Crippen LogP contribution >= 0.6 is 0 Å². The fourth-order valence-corrected chi connectivity index (χ4v) is 4.44. The number of amides is 3. The number of fused-ring (bicyclic) bond motifs is 1. The quantitative estimate of drug-likeness (QED) is 0.425. The lowest BCUT2D eigenvalue weighted by Crippen LogP contribution is -2.60. The second-order valence-corrected chi connectivity index (χ2v) is 8.46. The normalized spacial score (nSPS) is 15.1. The molecule has 0 radical (unpaired) electrons. The van der Waals surface area contributed by atoms with E-state index in [-0.39, 0.29) is 11.9 Å². The third-order valence-electron chi connectivity index (χ3n) is 6.23. The van der Waals surface area contributed by atoms with Crippen molar-refractivity contribution in [2.24, 2.45) is 0 Å². The number of aromatic amines is 1. The van der Waals surface area contributed by atoms with Gasteiger partial charge < -0.3 is 25.7 Å². The molecule has 1 aromatic heterocycles. The van der Waals surface area contributed by atoms with Crippen molar-refractivity contribution in [3.63, 3.8) is 0 Å². The molecule has 1 aliphatic rings. The minimum Gasteiger partial charge on any atom is -0.497 e. The number of aromatic nitrogens is 1. The van der Waals surface area contributed by atoms with Gasteiger partial charge in [-0.1, -0.05) is 25.3 Å². The molecule has 2 aromatic carbocycles. The fourth-order valence-electron chi connectivity index (χ4n) is 4.44. The van der Waals surface area contributed by atoms with Crippen molar-refractivity contribution in [1.82, 2.24) is 15.6 Å². The number of ether oxygens (including phenoxy) is 1. The Hall–Kier alpha value is -3.55. The Labute approximate surface area is 192 Å². The van der Waals surface area contributed by atoms with Gasteiger partial charge in [0.15, 0.2) is 0 Å². The van der Waals surface area contributed by atoms with Gasteiger partial charge in [-0.15, -0.1) is 0 Å². The fraction of sp³-hybridized carbons (Fsp3) is 0.360. The van der Waals surface area contributed by atoms with Crippen LogP contribution in [0.15, 0.2) is 48.7 Å². The van der Waals surface area contributed by atoms with Gasteiger partial charge in [-0.25, -0.2) is 9.18 Å². The van der Waals surface area contributed by atoms with E-state index < -0.39 is 11.4 Å². The zero-order valence-corrected chi connectivity index (χ0v) is 18.7. The zero-order chi connectivity index (χ0) is 23.3. The zero-order valence-electron chi connectivity index (χ0n) is 18.7. The average Bonchev–Trinajstić information content (AvgIpc) is 3.21. The van der Waals surface area contributed by atoms with Gasteiger partial charge in [0.05, 0.1) is 7.11 Å². The molecule has 1 aliphatic carbocycles. The highest BCUT2D eigenvalue weighted by atomic mass is 19.1. The first-order chi connectivity index (χ1) is 16.0. The molecule has 4 N–H and O–H groups in total. The average molecular weight is 453 g/mol. The molecular weight excluding hydrogens is 423 g/mol. The Balaban J connectivity index is 1.38. The number of methoxy groups -OCH3 is 1. The third kappa shape index (κ3) is 5.27. The van der Waals surface area contributed by atoms with Crippen LogP contribution in [0.2, 0.25) is 0 Å². The van der Waals surface area contributed by atoms with Crippen molar-refractivity contribution in [3.8, 4) is 5.75 Å². The van der Waals surface area contributed by atoms with E-state index in [2.05, 4.69) is 20.9 Å². The highest BCUT2D eigenvalue weighted by Gasteiger charge is 2.41. The van der Waals surface area contributed by atoms with Gasteiger partial charge in [0.25, 0.3) is 0 Å². The first kappa shape index (κ1) is 22.6. The smallest absolute Gasteiger partial charge is 0.315 e. The van der Waals surface area contributed by atoms with Gasteiger partial charge in [-0.05, 0) is 61.2 Å². The Morgan fingerprint density at radius 1 is 1.12 bits per heavy atom. The number of carbonyl (C=O) groups is 2. The second-order valence-electron chi connectivity index (χ2n) is 8.46. The molecule has 1 fully saturated rings. The number of nitrogens with one attached hydrogen (secondary N) is 4. The summed E-state index contributed by atoms with van der Waals surface area (Å²) in [6.45, 7) is 0.414. The predicted octanol–water partition coefficient (Wildman–Crippen LogP) is 4.50. The Kier molecular flexibility index (Phi) is 6.82. The van der Waals surface area contributed by atoms with E-state index in [9.17, 15) is 14.0 Å². The number of halogens is 1. The van der Waals surface area contributed by atoms with Crippen LogP contribution < -0.4 is 20.7 Å². The van der Waals surface area contributed by atoms with Crippen molar-refractivity contribution in [2.75, 3.05) is 19.0 Å². The third-order valence-corrected chi connectivity index (χ3v) is 6.23. The molecule has 33 heavy (non-hydrogen) atoms. The van der Waals surface area contributed by atoms with E-state index in [1.807, 2.05) is 24.4 Å². The highest BCUT2D eigenvalue weighted by molar-refractivity contribution is 6.00. The largest absolute Gasteiger partial charge is 0.497 e. The van der Waals surface area contributed by atoms with Crippen LogP contribution in [0.5, 0.6) is 5.75 Å². The van der Waals surface area contributed by atoms with E-state index in [1.54, 1.807) is 19.2 Å². The van der Waals surface area contributed by atoms with Gasteiger partial charge >= 0.3 is 6.03 Å². The summed E-state index contributed by atoms with van der Waals surface area (Å²) in [4.78, 5) is 29.1. The molecule has 4 rings (SSSR count). The van der Waals surface area contributed by atoms with Gasteiger partial charge in [0.1, 0.15) is 17.1 Å². The van der Waals surface area contributed by atoms with Gasteiger partial charge in [0, 0.05) is 29.3 Å². The number of rotatable bonds is 7. The van der Waals surface area contributed by atoms with Crippen molar-refractivity contribution < 1.29 is 18.7 Å².